The van der Waals surface area contributed by atoms with Crippen molar-refractivity contribution in [3.05, 3.63) is 29.8 Å². The van der Waals surface area contributed by atoms with E-state index in [4.69, 9.17) is 10.5 Å². The lowest BCUT2D eigenvalue weighted by molar-refractivity contribution is 0.231. The standard InChI is InChI=1S/C15H23NO/c1-3-12-8-10-15(16,11-9-12)13-4-6-14(17-2)7-5-13/h4-7,12H,3,8-11,16H2,1-2H3. The molecule has 1 saturated carbocycles. The van der Waals surface area contributed by atoms with E-state index in [-0.39, 0.29) is 5.54 Å². The SMILES string of the molecule is CCC1CCC(N)(c2ccc(OC)cc2)CC1. The minimum absolute atomic E-state index is 0.113. The van der Waals surface area contributed by atoms with Crippen LogP contribution < -0.4 is 10.5 Å². The molecule has 0 amide bonds. The van der Waals surface area contributed by atoms with Crippen LogP contribution in [0.15, 0.2) is 24.3 Å². The quantitative estimate of drug-likeness (QED) is 0.868. The van der Waals surface area contributed by atoms with Crippen molar-refractivity contribution in [2.24, 2.45) is 11.7 Å². The number of hydrogen-bond acceptors (Lipinski definition) is 2. The summed E-state index contributed by atoms with van der Waals surface area (Å²) in [6, 6.07) is 8.25. The molecular formula is C15H23NO. The Morgan fingerprint density at radius 1 is 1.24 bits per heavy atom. The summed E-state index contributed by atoms with van der Waals surface area (Å²) >= 11 is 0. The number of hydrogen-bond donors (Lipinski definition) is 1. The summed E-state index contributed by atoms with van der Waals surface area (Å²) in [7, 11) is 1.69. The average Bonchev–Trinajstić information content (AvgIpc) is 2.40. The smallest absolute Gasteiger partial charge is 0.118 e. The zero-order valence-corrected chi connectivity index (χ0v) is 10.9. The van der Waals surface area contributed by atoms with Gasteiger partial charge < -0.3 is 10.5 Å². The molecule has 0 unspecified atom stereocenters. The highest BCUT2D eigenvalue weighted by Crippen LogP contribution is 2.38. The van der Waals surface area contributed by atoms with Gasteiger partial charge in [0.1, 0.15) is 5.75 Å². The van der Waals surface area contributed by atoms with Gasteiger partial charge >= 0.3 is 0 Å². The fourth-order valence-corrected chi connectivity index (χ4v) is 2.81. The molecule has 17 heavy (non-hydrogen) atoms. The van der Waals surface area contributed by atoms with Crippen LogP contribution in [-0.4, -0.2) is 7.11 Å². The van der Waals surface area contributed by atoms with Crippen molar-refractivity contribution < 1.29 is 4.74 Å². The van der Waals surface area contributed by atoms with E-state index in [1.165, 1.54) is 24.8 Å². The number of rotatable bonds is 3. The Balaban J connectivity index is 2.10. The van der Waals surface area contributed by atoms with Crippen molar-refractivity contribution in [1.29, 1.82) is 0 Å². The highest BCUT2D eigenvalue weighted by Gasteiger charge is 2.32. The second kappa shape index (κ2) is 5.09. The van der Waals surface area contributed by atoms with E-state index in [0.29, 0.717) is 0 Å². The second-order valence-corrected chi connectivity index (χ2v) is 5.24. The minimum Gasteiger partial charge on any atom is -0.497 e. The molecule has 0 aromatic heterocycles. The maximum Gasteiger partial charge on any atom is 0.118 e. The number of nitrogens with two attached hydrogens (primary N) is 1. The Hall–Kier alpha value is -1.02. The van der Waals surface area contributed by atoms with E-state index >= 15 is 0 Å². The summed E-state index contributed by atoms with van der Waals surface area (Å²) in [4.78, 5) is 0. The van der Waals surface area contributed by atoms with Crippen LogP contribution in [0.5, 0.6) is 5.75 Å². The van der Waals surface area contributed by atoms with Gasteiger partial charge in [-0.3, -0.25) is 0 Å². The van der Waals surface area contributed by atoms with Gasteiger partial charge in [-0.1, -0.05) is 25.5 Å². The fourth-order valence-electron chi connectivity index (χ4n) is 2.81. The molecule has 1 aliphatic carbocycles. The molecule has 1 aliphatic rings. The summed E-state index contributed by atoms with van der Waals surface area (Å²) in [6.07, 6.45) is 6.03. The third-order valence-corrected chi connectivity index (χ3v) is 4.24. The molecule has 0 bridgehead atoms. The van der Waals surface area contributed by atoms with E-state index in [0.717, 1.165) is 24.5 Å². The lowest BCUT2D eigenvalue weighted by Gasteiger charge is -2.37. The van der Waals surface area contributed by atoms with Crippen LogP contribution in [0.3, 0.4) is 0 Å². The van der Waals surface area contributed by atoms with Gasteiger partial charge in [-0.15, -0.1) is 0 Å². The fraction of sp³-hybridized carbons (Fsp3) is 0.600. The van der Waals surface area contributed by atoms with Crippen molar-refractivity contribution in [2.75, 3.05) is 7.11 Å². The molecule has 0 spiro atoms. The first kappa shape index (κ1) is 12.4. The Morgan fingerprint density at radius 3 is 2.29 bits per heavy atom. The zero-order chi connectivity index (χ0) is 12.3. The first-order valence-electron chi connectivity index (χ1n) is 6.61. The van der Waals surface area contributed by atoms with Crippen LogP contribution in [-0.2, 0) is 5.54 Å². The Labute approximate surface area is 104 Å². The molecule has 0 radical (unpaired) electrons. The van der Waals surface area contributed by atoms with Crippen LogP contribution in [0.25, 0.3) is 0 Å². The summed E-state index contributed by atoms with van der Waals surface area (Å²) in [5.41, 5.74) is 7.69. The average molecular weight is 233 g/mol. The van der Waals surface area contributed by atoms with Crippen LogP contribution in [0, 0.1) is 5.92 Å². The van der Waals surface area contributed by atoms with Crippen molar-refractivity contribution in [3.8, 4) is 5.75 Å². The molecule has 0 atom stereocenters. The monoisotopic (exact) mass is 233 g/mol. The van der Waals surface area contributed by atoms with Crippen LogP contribution in [0.4, 0.5) is 0 Å². The number of methoxy groups -OCH3 is 1. The van der Waals surface area contributed by atoms with Gasteiger partial charge in [-0.25, -0.2) is 0 Å². The topological polar surface area (TPSA) is 35.2 Å². The molecule has 2 rings (SSSR count). The van der Waals surface area contributed by atoms with Gasteiger partial charge in [0.25, 0.3) is 0 Å². The van der Waals surface area contributed by atoms with Crippen LogP contribution in [0.2, 0.25) is 0 Å². The predicted octanol–water partition coefficient (Wildman–Crippen LogP) is 3.45. The largest absolute Gasteiger partial charge is 0.497 e. The highest BCUT2D eigenvalue weighted by atomic mass is 16.5. The van der Waals surface area contributed by atoms with Gasteiger partial charge in [0.15, 0.2) is 0 Å². The molecule has 2 heteroatoms. The normalized spacial score (nSPS) is 29.0. The summed E-state index contributed by atoms with van der Waals surface area (Å²) in [5, 5.41) is 0. The second-order valence-electron chi connectivity index (χ2n) is 5.24. The third-order valence-electron chi connectivity index (χ3n) is 4.24. The van der Waals surface area contributed by atoms with Gasteiger partial charge in [-0.05, 0) is 49.3 Å². The number of benzene rings is 1. The molecule has 2 nitrogen and oxygen atoms in total. The Kier molecular flexibility index (Phi) is 3.72. The molecule has 0 saturated heterocycles. The predicted molar refractivity (Wildman–Crippen MR) is 71.1 cm³/mol. The van der Waals surface area contributed by atoms with E-state index in [1.54, 1.807) is 7.11 Å². The van der Waals surface area contributed by atoms with Crippen LogP contribution >= 0.6 is 0 Å². The number of ether oxygens (including phenoxy) is 1. The molecular weight excluding hydrogens is 210 g/mol. The molecule has 1 aromatic carbocycles. The molecule has 0 aliphatic heterocycles. The first-order chi connectivity index (χ1) is 8.18. The lowest BCUT2D eigenvalue weighted by atomic mass is 9.73. The van der Waals surface area contributed by atoms with Crippen molar-refractivity contribution >= 4 is 0 Å². The summed E-state index contributed by atoms with van der Waals surface area (Å²) in [5.74, 6) is 1.78. The maximum atomic E-state index is 6.55. The van der Waals surface area contributed by atoms with Gasteiger partial charge in [0.05, 0.1) is 7.11 Å². The molecule has 94 valence electrons. The van der Waals surface area contributed by atoms with Gasteiger partial charge in [0, 0.05) is 5.54 Å². The maximum absolute atomic E-state index is 6.55. The third kappa shape index (κ3) is 2.63. The van der Waals surface area contributed by atoms with Gasteiger partial charge in [-0.2, -0.15) is 0 Å². The Bertz CT molecular complexity index is 350. The minimum atomic E-state index is -0.113. The first-order valence-corrected chi connectivity index (χ1v) is 6.61. The van der Waals surface area contributed by atoms with Crippen molar-refractivity contribution in [3.63, 3.8) is 0 Å². The van der Waals surface area contributed by atoms with E-state index in [2.05, 4.69) is 19.1 Å². The van der Waals surface area contributed by atoms with E-state index in [1.807, 2.05) is 12.1 Å². The zero-order valence-electron chi connectivity index (χ0n) is 10.9. The highest BCUT2D eigenvalue weighted by molar-refractivity contribution is 5.32. The van der Waals surface area contributed by atoms with E-state index < -0.39 is 0 Å². The molecule has 1 fully saturated rings. The molecule has 1 aromatic rings. The summed E-state index contributed by atoms with van der Waals surface area (Å²) < 4.78 is 5.18. The van der Waals surface area contributed by atoms with Gasteiger partial charge in [0.2, 0.25) is 0 Å². The molecule has 2 N–H and O–H groups in total. The van der Waals surface area contributed by atoms with Crippen LogP contribution in [0.1, 0.15) is 44.6 Å². The van der Waals surface area contributed by atoms with Crippen molar-refractivity contribution in [1.82, 2.24) is 0 Å². The van der Waals surface area contributed by atoms with E-state index in [9.17, 15) is 0 Å². The molecule has 0 heterocycles. The lowest BCUT2D eigenvalue weighted by Crippen LogP contribution is -2.40. The summed E-state index contributed by atoms with van der Waals surface area (Å²) in [6.45, 7) is 2.28. The van der Waals surface area contributed by atoms with Crippen molar-refractivity contribution in [2.45, 2.75) is 44.6 Å². The Morgan fingerprint density at radius 2 is 1.82 bits per heavy atom.